The van der Waals surface area contributed by atoms with Gasteiger partial charge in [-0.15, -0.1) is 0 Å². The van der Waals surface area contributed by atoms with E-state index in [1.165, 1.54) is 41.9 Å². The Morgan fingerprint density at radius 3 is 1.78 bits per heavy atom. The predicted molar refractivity (Wildman–Crippen MR) is 307 cm³/mol. The first kappa shape index (κ1) is 50.9. The molecule has 0 atom stereocenters. The van der Waals surface area contributed by atoms with Crippen LogP contribution in [0.15, 0.2) is 121 Å². The van der Waals surface area contributed by atoms with Gasteiger partial charge in [-0.1, -0.05) is 98.7 Å². The number of hydrogen-bond donors (Lipinski definition) is 1. The Morgan fingerprint density at radius 2 is 1.15 bits per heavy atom. The van der Waals surface area contributed by atoms with Gasteiger partial charge in [-0.25, -0.2) is 0 Å². The first-order valence-corrected chi connectivity index (χ1v) is 27.4. The second-order valence-corrected chi connectivity index (χ2v) is 27.7. The first-order chi connectivity index (χ1) is 33.6. The minimum atomic E-state index is -0.332. The van der Waals surface area contributed by atoms with Crippen LogP contribution in [-0.2, 0) is 28.1 Å². The molecular weight excluding hydrogens is 944 g/mol. The molecule has 0 bridgehead atoms. The van der Waals surface area contributed by atoms with Gasteiger partial charge < -0.3 is 0 Å². The molecule has 0 saturated carbocycles. The molecule has 0 spiro atoms. The summed E-state index contributed by atoms with van der Waals surface area (Å²) in [5.41, 5.74) is 18.7. The van der Waals surface area contributed by atoms with Crippen LogP contribution in [0.4, 0.5) is 0 Å². The number of fused-ring (bicyclic) bond motifs is 2. The van der Waals surface area contributed by atoms with E-state index in [1.54, 1.807) is 0 Å². The van der Waals surface area contributed by atoms with Gasteiger partial charge in [0, 0.05) is 0 Å². The number of para-hydroxylation sites is 1. The van der Waals surface area contributed by atoms with Crippen LogP contribution in [0.3, 0.4) is 0 Å². The van der Waals surface area contributed by atoms with Crippen LogP contribution in [0.1, 0.15) is 143 Å². The van der Waals surface area contributed by atoms with E-state index >= 15 is 0 Å². The molecule has 5 nitrogen and oxygen atoms in total. The van der Waals surface area contributed by atoms with Gasteiger partial charge in [-0.2, -0.15) is 0 Å². The van der Waals surface area contributed by atoms with E-state index in [2.05, 4.69) is 244 Å². The molecule has 0 saturated heterocycles. The molecule has 0 amide bonds. The summed E-state index contributed by atoms with van der Waals surface area (Å²) in [5, 5.41) is 23.9. The fourth-order valence-electron chi connectivity index (χ4n) is 10.2. The van der Waals surface area contributed by atoms with E-state index in [0.717, 1.165) is 73.5 Å². The number of aromatic hydroxyl groups is 1. The zero-order valence-corrected chi connectivity index (χ0v) is 47.6. The van der Waals surface area contributed by atoms with Gasteiger partial charge in [0.15, 0.2) is 0 Å². The molecule has 0 aliphatic heterocycles. The van der Waals surface area contributed by atoms with Gasteiger partial charge in [-0.05, 0) is 21.8 Å². The second-order valence-electron chi connectivity index (χ2n) is 25.6. The molecule has 1 N–H and O–H groups in total. The SMILES string of the molecule is Cc1nnc(-c2cc(-c3cccc4c3nc(-c3cc(C(C)(C)C)cc(C(C)(C)C)c3O)n4-c3ccc(C(C)(C)C)cc3-c3ccccc3)cc(C(C)(C)C)c2)c2[se]c(-c3ccc(CC(C)(C)C)cc3)c(C)c12. The van der Waals surface area contributed by atoms with Crippen molar-refractivity contribution < 1.29 is 5.11 Å². The number of imidazole rings is 1. The number of phenolic OH excluding ortho intramolecular Hbond substituents is 1. The summed E-state index contributed by atoms with van der Waals surface area (Å²) in [4.78, 5) is 5.76. The van der Waals surface area contributed by atoms with E-state index in [0.29, 0.717) is 11.4 Å². The zero-order valence-electron chi connectivity index (χ0n) is 45.9. The Balaban J connectivity index is 1.33. The van der Waals surface area contributed by atoms with Gasteiger partial charge in [-0.3, -0.25) is 0 Å². The van der Waals surface area contributed by atoms with Crippen molar-refractivity contribution in [2.24, 2.45) is 5.41 Å². The number of rotatable bonds is 7. The van der Waals surface area contributed by atoms with Crippen LogP contribution in [-0.4, -0.2) is 39.4 Å². The number of benzene rings is 6. The van der Waals surface area contributed by atoms with E-state index < -0.39 is 0 Å². The molecule has 0 radical (unpaired) electrons. The Hall–Kier alpha value is -6.07. The quantitative estimate of drug-likeness (QED) is 0.162. The Morgan fingerprint density at radius 1 is 0.528 bits per heavy atom. The van der Waals surface area contributed by atoms with Gasteiger partial charge in [0.05, 0.1) is 0 Å². The molecule has 0 unspecified atom stereocenters. The molecule has 9 aromatic rings. The number of nitrogens with zero attached hydrogens (tertiary/aromatic N) is 4. The van der Waals surface area contributed by atoms with Crippen LogP contribution in [0.5, 0.6) is 5.75 Å². The summed E-state index contributed by atoms with van der Waals surface area (Å²) >= 11 is 0.0150. The third-order valence-electron chi connectivity index (χ3n) is 14.3. The molecule has 3 heterocycles. The summed E-state index contributed by atoms with van der Waals surface area (Å²) in [6, 6.07) is 44.8. The van der Waals surface area contributed by atoms with Crippen molar-refractivity contribution >= 4 is 35.2 Å². The van der Waals surface area contributed by atoms with Crippen molar-refractivity contribution in [3.05, 3.63) is 160 Å². The van der Waals surface area contributed by atoms with Crippen molar-refractivity contribution in [2.45, 2.75) is 146 Å². The van der Waals surface area contributed by atoms with Crippen molar-refractivity contribution in [2.75, 3.05) is 0 Å². The molecule has 9 rings (SSSR count). The first-order valence-electron chi connectivity index (χ1n) is 25.7. The van der Waals surface area contributed by atoms with Crippen molar-refractivity contribution in [1.29, 1.82) is 0 Å². The van der Waals surface area contributed by atoms with Gasteiger partial charge >= 0.3 is 317 Å². The number of aryl methyl sites for hydroxylation is 2. The summed E-state index contributed by atoms with van der Waals surface area (Å²) in [7, 11) is 0. The van der Waals surface area contributed by atoms with Crippen molar-refractivity contribution in [1.82, 2.24) is 19.7 Å². The summed E-state index contributed by atoms with van der Waals surface area (Å²) in [6.45, 7) is 38.2. The molecule has 0 fully saturated rings. The standard InChI is InChI=1S/C66H74N4OSe/c1-39-55-40(2)68-69-56(60(55)72-59(39)43-28-26-41(27-29-43)38-62(3,4)5)45-32-44(33-47(34-45)64(9,10)11)49-24-21-25-54-57(49)67-61(51-36-48(65(12,13)14)37-52(58(51)71)66(15,16)17)70(54)53-31-30-46(63(6,7)8)35-50(53)42-22-19-18-20-23-42/h18-37,71H,38H2,1-17H3. The molecule has 72 heavy (non-hydrogen) atoms. The molecule has 6 aromatic carbocycles. The maximum atomic E-state index is 12.7. The van der Waals surface area contributed by atoms with Crippen LogP contribution >= 0.6 is 0 Å². The summed E-state index contributed by atoms with van der Waals surface area (Å²) in [6.07, 6.45) is 1.04. The van der Waals surface area contributed by atoms with Crippen molar-refractivity contribution in [3.63, 3.8) is 0 Å². The van der Waals surface area contributed by atoms with Crippen molar-refractivity contribution in [3.8, 4) is 66.3 Å². The van der Waals surface area contributed by atoms with Crippen LogP contribution in [0, 0.1) is 19.3 Å². The average Bonchev–Trinajstić information content (AvgIpc) is 3.86. The van der Waals surface area contributed by atoms with E-state index in [9.17, 15) is 5.11 Å². The Labute approximate surface area is 435 Å². The molecular formula is C66H74N4OSe. The zero-order chi connectivity index (χ0) is 52.0. The predicted octanol–water partition coefficient (Wildman–Crippen LogP) is 17.5. The maximum absolute atomic E-state index is 12.7. The minimum absolute atomic E-state index is 0.0150. The Kier molecular flexibility index (Phi) is 12.8. The van der Waals surface area contributed by atoms with E-state index in [-0.39, 0.29) is 47.3 Å². The average molecular weight is 1020 g/mol. The molecule has 0 aliphatic rings. The third-order valence-corrected chi connectivity index (χ3v) is 17.1. The van der Waals surface area contributed by atoms with Gasteiger partial charge in [0.2, 0.25) is 0 Å². The molecule has 370 valence electrons. The third kappa shape index (κ3) is 9.78. The summed E-state index contributed by atoms with van der Waals surface area (Å²) < 4.78 is 4.99. The number of phenols is 1. The van der Waals surface area contributed by atoms with Crippen LogP contribution in [0.2, 0.25) is 0 Å². The molecule has 3 aromatic heterocycles. The normalized spacial score (nSPS) is 12.9. The van der Waals surface area contributed by atoms with Gasteiger partial charge in [0.1, 0.15) is 0 Å². The Bertz CT molecular complexity index is 3520. The topological polar surface area (TPSA) is 63.8 Å². The number of aromatic nitrogens is 4. The fraction of sp³-hybridized carbons (Fsp3) is 0.348. The van der Waals surface area contributed by atoms with E-state index in [4.69, 9.17) is 15.2 Å². The summed E-state index contributed by atoms with van der Waals surface area (Å²) in [5.74, 6) is 0.959. The van der Waals surface area contributed by atoms with Crippen LogP contribution < -0.4 is 0 Å². The van der Waals surface area contributed by atoms with E-state index in [1.807, 2.05) is 0 Å². The fourth-order valence-corrected chi connectivity index (χ4v) is 13.0. The van der Waals surface area contributed by atoms with Crippen LogP contribution in [0.25, 0.3) is 81.3 Å². The van der Waals surface area contributed by atoms with Gasteiger partial charge in [0.25, 0.3) is 0 Å². The number of hydrogen-bond acceptors (Lipinski definition) is 4. The monoisotopic (exact) mass is 1020 g/mol. The molecule has 6 heteroatoms. The molecule has 0 aliphatic carbocycles. The second kappa shape index (κ2) is 18.1.